The van der Waals surface area contributed by atoms with Gasteiger partial charge in [-0.1, -0.05) is 11.6 Å². The fourth-order valence-corrected chi connectivity index (χ4v) is 1.44. The Kier molecular flexibility index (Phi) is 3.47. The van der Waals surface area contributed by atoms with Crippen LogP contribution in [0.25, 0.3) is 0 Å². The first kappa shape index (κ1) is 12.1. The third-order valence-corrected chi connectivity index (χ3v) is 2.17. The van der Waals surface area contributed by atoms with Gasteiger partial charge in [0.1, 0.15) is 5.82 Å². The maximum Gasteiger partial charge on any atom is 0.166 e. The first-order valence-electron chi connectivity index (χ1n) is 4.57. The average Bonchev–Trinajstić information content (AvgIpc) is 2.06. The third kappa shape index (κ3) is 3.61. The number of hydrogen-bond donors (Lipinski definition) is 1. The number of rotatable bonds is 3. The van der Waals surface area contributed by atoms with E-state index in [-0.39, 0.29) is 22.8 Å². The number of nitrogens with two attached hydrogens (primary N) is 1. The van der Waals surface area contributed by atoms with Crippen LogP contribution in [0, 0.1) is 5.82 Å². The second-order valence-corrected chi connectivity index (χ2v) is 4.62. The summed E-state index contributed by atoms with van der Waals surface area (Å²) in [6.45, 7) is 3.47. The van der Waals surface area contributed by atoms with Crippen LogP contribution >= 0.6 is 11.6 Å². The maximum absolute atomic E-state index is 12.9. The van der Waals surface area contributed by atoms with E-state index in [9.17, 15) is 9.18 Å². The van der Waals surface area contributed by atoms with Crippen LogP contribution in [0.4, 0.5) is 4.39 Å². The Labute approximate surface area is 93.2 Å². The van der Waals surface area contributed by atoms with E-state index in [4.69, 9.17) is 17.3 Å². The van der Waals surface area contributed by atoms with E-state index < -0.39 is 11.4 Å². The lowest BCUT2D eigenvalue weighted by molar-refractivity contribution is 0.0960. The third-order valence-electron chi connectivity index (χ3n) is 1.84. The quantitative estimate of drug-likeness (QED) is 0.810. The van der Waals surface area contributed by atoms with Gasteiger partial charge >= 0.3 is 0 Å². The van der Waals surface area contributed by atoms with E-state index in [0.717, 1.165) is 6.07 Å². The van der Waals surface area contributed by atoms with E-state index in [2.05, 4.69) is 0 Å². The summed E-state index contributed by atoms with van der Waals surface area (Å²) >= 11 is 5.79. The molecule has 0 heterocycles. The molecule has 0 spiro atoms. The maximum atomic E-state index is 12.9. The molecule has 0 aliphatic carbocycles. The second kappa shape index (κ2) is 4.29. The highest BCUT2D eigenvalue weighted by Crippen LogP contribution is 2.20. The minimum atomic E-state index is -0.618. The molecule has 1 aromatic rings. The summed E-state index contributed by atoms with van der Waals surface area (Å²) < 4.78 is 12.9. The molecule has 4 heteroatoms. The van der Waals surface area contributed by atoms with Crippen LogP contribution in [-0.4, -0.2) is 11.3 Å². The number of carbonyl (C=O) groups excluding carboxylic acids is 1. The molecule has 2 N–H and O–H groups in total. The van der Waals surface area contributed by atoms with Crippen LogP contribution in [0.2, 0.25) is 5.02 Å². The molecule has 1 aromatic carbocycles. The molecule has 0 fully saturated rings. The van der Waals surface area contributed by atoms with Gasteiger partial charge in [0.25, 0.3) is 0 Å². The van der Waals surface area contributed by atoms with Crippen molar-refractivity contribution >= 4 is 17.4 Å². The summed E-state index contributed by atoms with van der Waals surface area (Å²) in [5.41, 5.74) is 5.28. The van der Waals surface area contributed by atoms with Gasteiger partial charge < -0.3 is 5.73 Å². The zero-order chi connectivity index (χ0) is 11.6. The van der Waals surface area contributed by atoms with Crippen LogP contribution in [0.1, 0.15) is 30.6 Å². The number of hydrogen-bond acceptors (Lipinski definition) is 2. The Morgan fingerprint density at radius 3 is 2.67 bits per heavy atom. The average molecular weight is 230 g/mol. The first-order chi connectivity index (χ1) is 6.79. The smallest absolute Gasteiger partial charge is 0.166 e. The Balaban J connectivity index is 2.96. The molecule has 0 aromatic heterocycles. The van der Waals surface area contributed by atoms with Crippen molar-refractivity contribution in [3.05, 3.63) is 34.6 Å². The van der Waals surface area contributed by atoms with Gasteiger partial charge in [-0.05, 0) is 32.0 Å². The van der Waals surface area contributed by atoms with Gasteiger partial charge in [-0.25, -0.2) is 4.39 Å². The van der Waals surface area contributed by atoms with Crippen molar-refractivity contribution < 1.29 is 9.18 Å². The number of halogens is 2. The van der Waals surface area contributed by atoms with Crippen LogP contribution in [0.5, 0.6) is 0 Å². The normalized spacial score (nSPS) is 11.5. The summed E-state index contributed by atoms with van der Waals surface area (Å²) in [6, 6.07) is 3.72. The molecule has 0 atom stereocenters. The molecule has 0 amide bonds. The van der Waals surface area contributed by atoms with Gasteiger partial charge in [-0.2, -0.15) is 0 Å². The molecule has 0 bridgehead atoms. The molecule has 0 aliphatic heterocycles. The monoisotopic (exact) mass is 229 g/mol. The molecule has 1 rings (SSSR count). The first-order valence-corrected chi connectivity index (χ1v) is 4.94. The van der Waals surface area contributed by atoms with Crippen LogP contribution in [0.15, 0.2) is 18.2 Å². The number of ketones is 1. The number of benzene rings is 1. The molecule has 0 unspecified atom stereocenters. The second-order valence-electron chi connectivity index (χ2n) is 4.21. The highest BCUT2D eigenvalue weighted by Gasteiger charge is 2.19. The van der Waals surface area contributed by atoms with Crippen molar-refractivity contribution in [2.24, 2.45) is 5.73 Å². The van der Waals surface area contributed by atoms with E-state index in [1.54, 1.807) is 13.8 Å². The van der Waals surface area contributed by atoms with E-state index in [0.29, 0.717) is 0 Å². The van der Waals surface area contributed by atoms with Gasteiger partial charge in [0, 0.05) is 17.5 Å². The van der Waals surface area contributed by atoms with Crippen LogP contribution in [0.3, 0.4) is 0 Å². The molecular weight excluding hydrogens is 217 g/mol. The van der Waals surface area contributed by atoms with Gasteiger partial charge in [0.2, 0.25) is 0 Å². The Bertz CT molecular complexity index is 385. The van der Waals surface area contributed by atoms with E-state index >= 15 is 0 Å². The lowest BCUT2D eigenvalue weighted by Gasteiger charge is -2.17. The van der Waals surface area contributed by atoms with Crippen molar-refractivity contribution in [2.75, 3.05) is 0 Å². The molecule has 0 aliphatic rings. The molecule has 0 radical (unpaired) electrons. The predicted molar refractivity (Wildman–Crippen MR) is 58.6 cm³/mol. The molecule has 2 nitrogen and oxygen atoms in total. The van der Waals surface area contributed by atoms with Gasteiger partial charge in [0.15, 0.2) is 5.78 Å². The fraction of sp³-hybridized carbons (Fsp3) is 0.364. The fourth-order valence-electron chi connectivity index (χ4n) is 1.22. The highest BCUT2D eigenvalue weighted by molar-refractivity contribution is 6.34. The summed E-state index contributed by atoms with van der Waals surface area (Å²) in [5, 5.41) is 0.255. The zero-order valence-electron chi connectivity index (χ0n) is 8.68. The van der Waals surface area contributed by atoms with Gasteiger partial charge in [0.05, 0.1) is 5.02 Å². The van der Waals surface area contributed by atoms with Crippen molar-refractivity contribution in [1.29, 1.82) is 0 Å². The van der Waals surface area contributed by atoms with Crippen molar-refractivity contribution in [3.63, 3.8) is 0 Å². The molecule has 0 saturated heterocycles. The van der Waals surface area contributed by atoms with E-state index in [1.807, 2.05) is 0 Å². The SMILES string of the molecule is CC(C)(N)CC(=O)c1cc(F)ccc1Cl. The number of carbonyl (C=O) groups is 1. The lowest BCUT2D eigenvalue weighted by atomic mass is 9.95. The lowest BCUT2D eigenvalue weighted by Crippen LogP contribution is -2.34. The van der Waals surface area contributed by atoms with Crippen molar-refractivity contribution in [1.82, 2.24) is 0 Å². The van der Waals surface area contributed by atoms with Gasteiger partial charge in [-0.15, -0.1) is 0 Å². The van der Waals surface area contributed by atoms with E-state index in [1.165, 1.54) is 12.1 Å². The standard InChI is InChI=1S/C11H13ClFNO/c1-11(2,14)6-10(15)8-5-7(13)3-4-9(8)12/h3-5H,6,14H2,1-2H3. The Hall–Kier alpha value is -0.930. The molecule has 82 valence electrons. The molecule has 0 saturated carbocycles. The Morgan fingerprint density at radius 2 is 2.13 bits per heavy atom. The number of Topliss-reactive ketones (excluding diaryl/α,β-unsaturated/α-hetero) is 1. The Morgan fingerprint density at radius 1 is 1.53 bits per heavy atom. The van der Waals surface area contributed by atoms with Crippen LogP contribution in [-0.2, 0) is 0 Å². The largest absolute Gasteiger partial charge is 0.325 e. The minimum Gasteiger partial charge on any atom is -0.325 e. The van der Waals surface area contributed by atoms with Gasteiger partial charge in [-0.3, -0.25) is 4.79 Å². The summed E-state index contributed by atoms with van der Waals surface area (Å²) in [6.07, 6.45) is 0.135. The van der Waals surface area contributed by atoms with Crippen molar-refractivity contribution in [3.8, 4) is 0 Å². The minimum absolute atomic E-state index is 0.135. The van der Waals surface area contributed by atoms with Crippen molar-refractivity contribution in [2.45, 2.75) is 25.8 Å². The summed E-state index contributed by atoms with van der Waals surface area (Å²) in [4.78, 5) is 11.7. The topological polar surface area (TPSA) is 43.1 Å². The predicted octanol–water partition coefficient (Wildman–Crippen LogP) is 2.79. The zero-order valence-corrected chi connectivity index (χ0v) is 9.44. The summed E-state index contributed by atoms with van der Waals surface area (Å²) in [5.74, 6) is -0.718. The molecular formula is C11H13ClFNO. The summed E-state index contributed by atoms with van der Waals surface area (Å²) in [7, 11) is 0. The molecule has 15 heavy (non-hydrogen) atoms. The highest BCUT2D eigenvalue weighted by atomic mass is 35.5. The van der Waals surface area contributed by atoms with Crippen LogP contribution < -0.4 is 5.73 Å².